The lowest BCUT2D eigenvalue weighted by Crippen LogP contribution is -2.65. The van der Waals surface area contributed by atoms with Crippen molar-refractivity contribution in [1.82, 2.24) is 0 Å². The van der Waals surface area contributed by atoms with Crippen LogP contribution in [0, 0.1) is 34.5 Å². The normalized spacial score (nSPS) is 50.1. The van der Waals surface area contributed by atoms with Gasteiger partial charge in [0.05, 0.1) is 0 Å². The van der Waals surface area contributed by atoms with E-state index in [1.165, 1.54) is 6.92 Å². The first-order chi connectivity index (χ1) is 14.2. The quantitative estimate of drug-likeness (QED) is 0.612. The molecular weight excluding hydrogens is 352 g/mol. The van der Waals surface area contributed by atoms with Crippen LogP contribution >= 0.6 is 0 Å². The predicted octanol–water partition coefficient (Wildman–Crippen LogP) is 4.66. The fourth-order valence-electron chi connectivity index (χ4n) is 7.39. The summed E-state index contributed by atoms with van der Waals surface area (Å²) in [4.78, 5) is 37.2. The van der Waals surface area contributed by atoms with Crippen LogP contribution in [0.1, 0.15) is 83.6 Å². The summed E-state index contributed by atoms with van der Waals surface area (Å²) >= 11 is 0. The third-order valence-electron chi connectivity index (χ3n) is 9.05. The molecule has 7 atom stereocenters. The number of Topliss-reactive ketones (excluding diaryl/α,β-unsaturated/α-hetero) is 1. The number of fused-ring (bicyclic) bond motifs is 5. The molecule has 0 heterocycles. The van der Waals surface area contributed by atoms with Crippen molar-refractivity contribution < 1.29 is 23.2 Å². The highest BCUT2D eigenvalue weighted by Crippen LogP contribution is 2.67. The van der Waals surface area contributed by atoms with Gasteiger partial charge in [-0.2, -0.15) is 0 Å². The number of carbonyl (C=O) groups is 3. The van der Waals surface area contributed by atoms with Gasteiger partial charge < -0.3 is 4.74 Å². The molecule has 0 radical (unpaired) electrons. The standard InChI is InChI=1S/C24H34O4/c1-14-12-17-18(22(3)10-8-16(26)13-20(14)22)9-11-23(4)19(17)6-7-21(27)24(23,5)28-15(2)25/h13-14,17-19H,6-12H2,1-5H3/t14-,17-,18+,19+,22-,23+,24-/m1/s1/i1D3. The van der Waals surface area contributed by atoms with E-state index >= 15 is 0 Å². The Kier molecular flexibility index (Phi) is 3.66. The van der Waals surface area contributed by atoms with E-state index in [4.69, 9.17) is 8.85 Å². The molecule has 0 bridgehead atoms. The smallest absolute Gasteiger partial charge is 0.303 e. The minimum absolute atomic E-state index is 0.0295. The molecule has 4 aliphatic carbocycles. The number of ether oxygens (including phenoxy) is 1. The van der Waals surface area contributed by atoms with Crippen LogP contribution < -0.4 is 0 Å². The number of carbonyl (C=O) groups excluding carboxylic acids is 3. The molecule has 4 nitrogen and oxygen atoms in total. The molecule has 0 amide bonds. The Balaban J connectivity index is 1.80. The van der Waals surface area contributed by atoms with Crippen LogP contribution in [0.3, 0.4) is 0 Å². The van der Waals surface area contributed by atoms with E-state index < -0.39 is 29.8 Å². The summed E-state index contributed by atoms with van der Waals surface area (Å²) in [5.41, 5.74) is -1.18. The molecule has 0 saturated heterocycles. The number of rotatable bonds is 1. The Morgan fingerprint density at radius 3 is 2.57 bits per heavy atom. The number of hydrogen-bond acceptors (Lipinski definition) is 4. The zero-order chi connectivity index (χ0) is 23.0. The average Bonchev–Trinajstić information content (AvgIpc) is 2.64. The maximum absolute atomic E-state index is 13.0. The second-order valence-electron chi connectivity index (χ2n) is 10.2. The predicted molar refractivity (Wildman–Crippen MR) is 106 cm³/mol. The van der Waals surface area contributed by atoms with Crippen LogP contribution in [0.4, 0.5) is 0 Å². The Bertz CT molecular complexity index is 861. The molecule has 28 heavy (non-hydrogen) atoms. The average molecular weight is 390 g/mol. The third-order valence-corrected chi connectivity index (χ3v) is 9.05. The molecule has 0 aromatic rings. The number of hydrogen-bond donors (Lipinski definition) is 0. The van der Waals surface area contributed by atoms with E-state index in [-0.39, 0.29) is 34.7 Å². The fourth-order valence-corrected chi connectivity index (χ4v) is 7.39. The highest BCUT2D eigenvalue weighted by atomic mass is 16.6. The van der Waals surface area contributed by atoms with Gasteiger partial charge in [-0.1, -0.05) is 26.3 Å². The van der Waals surface area contributed by atoms with Gasteiger partial charge in [0.1, 0.15) is 0 Å². The maximum atomic E-state index is 13.0. The summed E-state index contributed by atoms with van der Waals surface area (Å²) in [6.45, 7) is 5.16. The molecular formula is C24H34O4. The van der Waals surface area contributed by atoms with E-state index in [1.807, 2.05) is 0 Å². The molecule has 0 N–H and O–H groups in total. The Hall–Kier alpha value is -1.45. The van der Waals surface area contributed by atoms with Gasteiger partial charge >= 0.3 is 5.97 Å². The van der Waals surface area contributed by atoms with Gasteiger partial charge in [0, 0.05) is 29.3 Å². The molecule has 154 valence electrons. The van der Waals surface area contributed by atoms with Crippen LogP contribution in [0.25, 0.3) is 0 Å². The van der Waals surface area contributed by atoms with E-state index in [0.29, 0.717) is 32.1 Å². The Morgan fingerprint density at radius 1 is 1.14 bits per heavy atom. The van der Waals surface area contributed by atoms with Crippen molar-refractivity contribution in [1.29, 1.82) is 0 Å². The first-order valence-electron chi connectivity index (χ1n) is 12.2. The van der Waals surface area contributed by atoms with Crippen LogP contribution in [0.5, 0.6) is 0 Å². The molecule has 0 aromatic carbocycles. The zero-order valence-corrected chi connectivity index (χ0v) is 17.5. The summed E-state index contributed by atoms with van der Waals surface area (Å²) < 4.78 is 30.5. The van der Waals surface area contributed by atoms with E-state index in [0.717, 1.165) is 18.4 Å². The summed E-state index contributed by atoms with van der Waals surface area (Å²) in [7, 11) is 0. The highest BCUT2D eigenvalue weighted by Gasteiger charge is 2.65. The number of esters is 1. The first kappa shape index (κ1) is 16.4. The van der Waals surface area contributed by atoms with Crippen molar-refractivity contribution in [3.05, 3.63) is 11.6 Å². The molecule has 0 aliphatic heterocycles. The molecule has 0 unspecified atom stereocenters. The minimum Gasteiger partial charge on any atom is -0.451 e. The zero-order valence-electron chi connectivity index (χ0n) is 20.5. The summed E-state index contributed by atoms with van der Waals surface area (Å²) in [6, 6.07) is 0. The Morgan fingerprint density at radius 2 is 1.89 bits per heavy atom. The van der Waals surface area contributed by atoms with Crippen LogP contribution in [0.2, 0.25) is 0 Å². The molecule has 4 rings (SSSR count). The van der Waals surface area contributed by atoms with Crippen molar-refractivity contribution >= 4 is 17.5 Å². The monoisotopic (exact) mass is 389 g/mol. The third kappa shape index (κ3) is 2.52. The maximum Gasteiger partial charge on any atom is 0.303 e. The van der Waals surface area contributed by atoms with Gasteiger partial charge in [0.15, 0.2) is 17.2 Å². The highest BCUT2D eigenvalue weighted by molar-refractivity contribution is 5.92. The van der Waals surface area contributed by atoms with Gasteiger partial charge in [-0.05, 0) is 74.2 Å². The van der Waals surface area contributed by atoms with E-state index in [9.17, 15) is 14.4 Å². The van der Waals surface area contributed by atoms with Gasteiger partial charge in [-0.15, -0.1) is 0 Å². The molecule has 3 fully saturated rings. The van der Waals surface area contributed by atoms with Crippen molar-refractivity contribution in [3.8, 4) is 0 Å². The molecule has 3 saturated carbocycles. The van der Waals surface area contributed by atoms with Crippen LogP contribution in [0.15, 0.2) is 11.6 Å². The molecule has 0 aromatic heterocycles. The minimum atomic E-state index is -2.17. The van der Waals surface area contributed by atoms with Crippen molar-refractivity contribution in [3.63, 3.8) is 0 Å². The molecule has 0 spiro atoms. The summed E-state index contributed by atoms with van der Waals surface area (Å²) in [5, 5.41) is 0. The second kappa shape index (κ2) is 6.27. The van der Waals surface area contributed by atoms with Crippen molar-refractivity contribution in [2.75, 3.05) is 0 Å². The Labute approximate surface area is 172 Å². The van der Waals surface area contributed by atoms with E-state index in [1.54, 1.807) is 13.0 Å². The van der Waals surface area contributed by atoms with Gasteiger partial charge in [0.25, 0.3) is 0 Å². The SMILES string of the molecule is [2H]C([2H])([2H])[C@@H]1C[C@@H]2[C@H](CC[C@@]3(C)[C@H]2CCC(=O)[C@@]3(C)OC(C)=O)[C@@]2(C)CCC(=O)C=C12. The summed E-state index contributed by atoms with van der Waals surface area (Å²) in [5.74, 6) is -0.575. The van der Waals surface area contributed by atoms with Crippen molar-refractivity contribution in [2.24, 2.45) is 34.5 Å². The first-order valence-corrected chi connectivity index (χ1v) is 10.7. The molecule has 4 heteroatoms. The van der Waals surface area contributed by atoms with Gasteiger partial charge in [0.2, 0.25) is 0 Å². The van der Waals surface area contributed by atoms with E-state index in [2.05, 4.69) is 13.8 Å². The largest absolute Gasteiger partial charge is 0.451 e. The fraction of sp³-hybridized carbons (Fsp3) is 0.792. The lowest BCUT2D eigenvalue weighted by Gasteiger charge is -2.64. The van der Waals surface area contributed by atoms with Crippen LogP contribution in [-0.4, -0.2) is 23.1 Å². The van der Waals surface area contributed by atoms with Gasteiger partial charge in [-0.3, -0.25) is 14.4 Å². The molecule has 4 aliphatic rings. The number of ketones is 2. The van der Waals surface area contributed by atoms with Crippen molar-refractivity contribution in [2.45, 2.75) is 85.1 Å². The number of allylic oxidation sites excluding steroid dienone is 2. The summed E-state index contributed by atoms with van der Waals surface area (Å²) in [6.07, 6.45) is 5.94. The van der Waals surface area contributed by atoms with Gasteiger partial charge in [-0.25, -0.2) is 0 Å². The lowest BCUT2D eigenvalue weighted by molar-refractivity contribution is -0.208. The second-order valence-corrected chi connectivity index (χ2v) is 10.2. The lowest BCUT2D eigenvalue weighted by atomic mass is 9.41. The topological polar surface area (TPSA) is 60.4 Å². The van der Waals surface area contributed by atoms with Crippen LogP contribution in [-0.2, 0) is 19.1 Å².